The van der Waals surface area contributed by atoms with Crippen LogP contribution in [0.3, 0.4) is 0 Å². The molecule has 0 aromatic heterocycles. The molecule has 2 fully saturated rings. The van der Waals surface area contributed by atoms with Gasteiger partial charge in [-0.05, 0) is 43.7 Å². The molecule has 0 unspecified atom stereocenters. The van der Waals surface area contributed by atoms with Gasteiger partial charge in [0.1, 0.15) is 5.75 Å². The van der Waals surface area contributed by atoms with Crippen molar-refractivity contribution in [1.82, 2.24) is 9.62 Å². The zero-order valence-electron chi connectivity index (χ0n) is 15.7. The van der Waals surface area contributed by atoms with Gasteiger partial charge in [-0.3, -0.25) is 4.79 Å². The number of anilines is 1. The summed E-state index contributed by atoms with van der Waals surface area (Å²) in [5.41, 5.74) is 0.951. The van der Waals surface area contributed by atoms with Crippen LogP contribution >= 0.6 is 11.6 Å². The van der Waals surface area contributed by atoms with Crippen LogP contribution in [0, 0.1) is 5.92 Å². The molecule has 0 spiro atoms. The number of nitrogens with one attached hydrogen (secondary N) is 1. The van der Waals surface area contributed by atoms with E-state index in [1.165, 1.54) is 0 Å². The molecule has 1 saturated carbocycles. The summed E-state index contributed by atoms with van der Waals surface area (Å²) in [4.78, 5) is 16.2. The molecule has 150 valence electrons. The lowest BCUT2D eigenvalue weighted by Crippen LogP contribution is -2.51. The molecule has 0 radical (unpaired) electrons. The minimum Gasteiger partial charge on any atom is -0.367 e. The fourth-order valence-corrected chi connectivity index (χ4v) is 5.42. The first-order valence-corrected chi connectivity index (χ1v) is 11.6. The second-order valence-electron chi connectivity index (χ2n) is 7.65. The predicted molar refractivity (Wildman–Crippen MR) is 109 cm³/mol. The van der Waals surface area contributed by atoms with Crippen LogP contribution in [0.2, 0.25) is 5.02 Å². The number of amides is 1. The van der Waals surface area contributed by atoms with Crippen molar-refractivity contribution in [2.75, 3.05) is 36.8 Å². The first kappa shape index (κ1) is 20.4. The van der Waals surface area contributed by atoms with Crippen molar-refractivity contribution in [3.63, 3.8) is 0 Å². The number of piperazine rings is 1. The number of nitrogens with zero attached hydrogens (tertiary/aromatic N) is 2. The monoisotopic (exact) mass is 413 g/mol. The lowest BCUT2D eigenvalue weighted by molar-refractivity contribution is -0.128. The maximum atomic E-state index is 12.5. The minimum absolute atomic E-state index is 0.0314. The summed E-state index contributed by atoms with van der Waals surface area (Å²) in [6.45, 7) is 4.48. The number of sulfonamides is 1. The number of rotatable bonds is 5. The smallest absolute Gasteiger partial charge is 0.239 e. The lowest BCUT2D eigenvalue weighted by atomic mass is 9.88. The van der Waals surface area contributed by atoms with Gasteiger partial charge in [-0.25, -0.2) is 13.1 Å². The van der Waals surface area contributed by atoms with E-state index in [2.05, 4.69) is 16.5 Å². The highest BCUT2D eigenvalue weighted by Gasteiger charge is 2.28. The van der Waals surface area contributed by atoms with Crippen molar-refractivity contribution in [3.8, 4) is 0 Å². The van der Waals surface area contributed by atoms with E-state index in [1.807, 2.05) is 24.3 Å². The highest BCUT2D eigenvalue weighted by molar-refractivity contribution is 7.90. The van der Waals surface area contributed by atoms with Crippen LogP contribution in [0.4, 0.5) is 5.69 Å². The molecule has 1 aliphatic carbocycles. The highest BCUT2D eigenvalue weighted by atomic mass is 35.5. The van der Waals surface area contributed by atoms with Gasteiger partial charge in [-0.15, -0.1) is 0 Å². The van der Waals surface area contributed by atoms with E-state index >= 15 is 0 Å². The molecule has 1 aliphatic heterocycles. The second-order valence-corrected chi connectivity index (χ2v) is 9.81. The quantitative estimate of drug-likeness (QED) is 0.805. The van der Waals surface area contributed by atoms with Gasteiger partial charge in [0.25, 0.3) is 0 Å². The molecule has 27 heavy (non-hydrogen) atoms. The molecule has 1 heterocycles. The number of halogens is 1. The number of carbonyl (C=O) groups excluding carboxylic acids is 1. The molecule has 0 bridgehead atoms. The molecular weight excluding hydrogens is 386 g/mol. The minimum atomic E-state index is -3.60. The average Bonchev–Trinajstić information content (AvgIpc) is 2.63. The molecule has 1 saturated heterocycles. The van der Waals surface area contributed by atoms with Crippen molar-refractivity contribution in [2.24, 2.45) is 5.92 Å². The Bertz CT molecular complexity index is 755. The van der Waals surface area contributed by atoms with Crippen molar-refractivity contribution in [1.29, 1.82) is 0 Å². The van der Waals surface area contributed by atoms with Crippen LogP contribution in [0.25, 0.3) is 0 Å². The summed E-state index contributed by atoms with van der Waals surface area (Å²) in [7, 11) is -3.60. The molecule has 8 heteroatoms. The van der Waals surface area contributed by atoms with E-state index in [0.29, 0.717) is 37.1 Å². The van der Waals surface area contributed by atoms with Crippen LogP contribution in [0.5, 0.6) is 0 Å². The number of hydrogen-bond acceptors (Lipinski definition) is 4. The third-order valence-electron chi connectivity index (χ3n) is 5.50. The maximum Gasteiger partial charge on any atom is 0.239 e. The third-order valence-corrected chi connectivity index (χ3v) is 7.14. The van der Waals surface area contributed by atoms with Gasteiger partial charge in [0.15, 0.2) is 0 Å². The molecule has 6 nitrogen and oxygen atoms in total. The van der Waals surface area contributed by atoms with E-state index in [-0.39, 0.29) is 11.9 Å². The summed E-state index contributed by atoms with van der Waals surface area (Å²) < 4.78 is 27.5. The van der Waals surface area contributed by atoms with Crippen LogP contribution in [0.1, 0.15) is 32.6 Å². The predicted octanol–water partition coefficient (Wildman–Crippen LogP) is 2.49. The molecule has 0 atom stereocenters. The van der Waals surface area contributed by atoms with E-state index < -0.39 is 15.8 Å². The molecule has 3 rings (SSSR count). The van der Waals surface area contributed by atoms with Gasteiger partial charge in [0, 0.05) is 32.2 Å². The summed E-state index contributed by atoms with van der Waals surface area (Å²) in [5.74, 6) is -0.141. The molecule has 1 N–H and O–H groups in total. The fourth-order valence-electron chi connectivity index (χ4n) is 3.83. The Kier molecular flexibility index (Phi) is 6.65. The van der Waals surface area contributed by atoms with Gasteiger partial charge in [-0.1, -0.05) is 30.7 Å². The van der Waals surface area contributed by atoms with Gasteiger partial charge >= 0.3 is 0 Å². The van der Waals surface area contributed by atoms with E-state index in [1.54, 1.807) is 4.90 Å². The molecular formula is C19H28ClN3O3S. The fraction of sp³-hybridized carbons (Fsp3) is 0.632. The van der Waals surface area contributed by atoms with Crippen LogP contribution in [-0.2, 0) is 14.8 Å². The van der Waals surface area contributed by atoms with Gasteiger partial charge in [0.05, 0.1) is 10.7 Å². The van der Waals surface area contributed by atoms with E-state index in [9.17, 15) is 13.2 Å². The standard InChI is InChI=1S/C19H28ClN3O3S/c1-15-6-8-16(9-7-15)21-27(25,26)14-19(24)23-12-10-22(11-13-23)18-5-3-2-4-17(18)20/h2-5,15-16,21H,6-14H2,1H3. The van der Waals surface area contributed by atoms with Crippen LogP contribution in [0.15, 0.2) is 24.3 Å². The Labute approximate surface area is 166 Å². The molecule has 1 amide bonds. The molecule has 1 aromatic rings. The Hall–Kier alpha value is -1.31. The van der Waals surface area contributed by atoms with E-state index in [4.69, 9.17) is 11.6 Å². The number of para-hydroxylation sites is 1. The largest absolute Gasteiger partial charge is 0.367 e. The summed E-state index contributed by atoms with van der Waals surface area (Å²) >= 11 is 6.24. The third kappa shape index (κ3) is 5.59. The highest BCUT2D eigenvalue weighted by Crippen LogP contribution is 2.26. The number of hydrogen-bond donors (Lipinski definition) is 1. The van der Waals surface area contributed by atoms with Crippen molar-refractivity contribution < 1.29 is 13.2 Å². The first-order chi connectivity index (χ1) is 12.8. The SMILES string of the molecule is CC1CCC(NS(=O)(=O)CC(=O)N2CCN(c3ccccc3Cl)CC2)CC1. The van der Waals surface area contributed by atoms with Crippen LogP contribution in [-0.4, -0.2) is 57.2 Å². The molecule has 2 aliphatic rings. The Morgan fingerprint density at radius 3 is 2.37 bits per heavy atom. The van der Waals surface area contributed by atoms with Crippen molar-refractivity contribution in [3.05, 3.63) is 29.3 Å². The Morgan fingerprint density at radius 1 is 1.11 bits per heavy atom. The molecule has 1 aromatic carbocycles. The summed E-state index contributed by atoms with van der Waals surface area (Å²) in [6, 6.07) is 7.59. The van der Waals surface area contributed by atoms with Crippen molar-refractivity contribution >= 4 is 33.2 Å². The number of carbonyl (C=O) groups is 1. The van der Waals surface area contributed by atoms with Gasteiger partial charge in [-0.2, -0.15) is 0 Å². The summed E-state index contributed by atoms with van der Waals surface area (Å²) in [6.07, 6.45) is 3.77. The second kappa shape index (κ2) is 8.80. The van der Waals surface area contributed by atoms with E-state index in [0.717, 1.165) is 31.4 Å². The van der Waals surface area contributed by atoms with Crippen molar-refractivity contribution in [2.45, 2.75) is 38.6 Å². The van der Waals surface area contributed by atoms with Gasteiger partial charge < -0.3 is 9.80 Å². The lowest BCUT2D eigenvalue weighted by Gasteiger charge is -2.36. The van der Waals surface area contributed by atoms with Gasteiger partial charge in [0.2, 0.25) is 15.9 Å². The average molecular weight is 414 g/mol. The maximum absolute atomic E-state index is 12.5. The normalized spacial score (nSPS) is 24.1. The zero-order valence-corrected chi connectivity index (χ0v) is 17.3. The zero-order chi connectivity index (χ0) is 19.4. The Morgan fingerprint density at radius 2 is 1.74 bits per heavy atom. The topological polar surface area (TPSA) is 69.7 Å². The summed E-state index contributed by atoms with van der Waals surface area (Å²) in [5, 5.41) is 0.686. The first-order valence-electron chi connectivity index (χ1n) is 9.61. The Balaban J connectivity index is 1.49. The number of benzene rings is 1. The van der Waals surface area contributed by atoms with Crippen LogP contribution < -0.4 is 9.62 Å².